The Hall–Kier alpha value is -0.830. The Bertz CT molecular complexity index is 202. The Balaban J connectivity index is 2.96. The van der Waals surface area contributed by atoms with Gasteiger partial charge in [0.2, 0.25) is 0 Å². The fraction of sp³-hybridized carbons (Fsp3) is 0.625. The third kappa shape index (κ3) is 1.60. The van der Waals surface area contributed by atoms with Gasteiger partial charge in [0.05, 0.1) is 5.69 Å². The van der Waals surface area contributed by atoms with Crippen molar-refractivity contribution in [1.82, 2.24) is 9.78 Å². The third-order valence-electron chi connectivity index (χ3n) is 1.66. The van der Waals surface area contributed by atoms with E-state index in [9.17, 15) is 0 Å². The quantitative estimate of drug-likeness (QED) is 0.699. The lowest BCUT2D eigenvalue weighted by Gasteiger charge is -2.12. The topological polar surface area (TPSA) is 43.8 Å². The summed E-state index contributed by atoms with van der Waals surface area (Å²) in [5.41, 5.74) is 6.83. The van der Waals surface area contributed by atoms with E-state index in [-0.39, 0.29) is 6.04 Å². The minimum atomic E-state index is 0.0694. The molecule has 0 saturated heterocycles. The molecule has 0 saturated carbocycles. The van der Waals surface area contributed by atoms with Crippen molar-refractivity contribution < 1.29 is 0 Å². The van der Waals surface area contributed by atoms with Gasteiger partial charge in [0.1, 0.15) is 0 Å². The van der Waals surface area contributed by atoms with Crippen LogP contribution in [0.3, 0.4) is 0 Å². The van der Waals surface area contributed by atoms with Gasteiger partial charge >= 0.3 is 0 Å². The fourth-order valence-corrected chi connectivity index (χ4v) is 1.12. The van der Waals surface area contributed by atoms with E-state index in [2.05, 4.69) is 18.9 Å². The summed E-state index contributed by atoms with van der Waals surface area (Å²) in [4.78, 5) is 0. The van der Waals surface area contributed by atoms with E-state index in [1.807, 2.05) is 17.7 Å². The van der Waals surface area contributed by atoms with Crippen LogP contribution in [0.2, 0.25) is 0 Å². The van der Waals surface area contributed by atoms with Gasteiger partial charge in [0, 0.05) is 18.3 Å². The number of hydrogen-bond acceptors (Lipinski definition) is 2. The van der Waals surface area contributed by atoms with Crippen molar-refractivity contribution in [2.75, 3.05) is 0 Å². The monoisotopic (exact) mass is 153 g/mol. The Morgan fingerprint density at radius 3 is 2.45 bits per heavy atom. The molecule has 1 rings (SSSR count). The maximum absolute atomic E-state index is 5.74. The summed E-state index contributed by atoms with van der Waals surface area (Å²) >= 11 is 0. The van der Waals surface area contributed by atoms with Crippen molar-refractivity contribution in [2.24, 2.45) is 5.73 Å². The molecule has 3 heteroatoms. The molecule has 0 spiro atoms. The van der Waals surface area contributed by atoms with Gasteiger partial charge in [-0.3, -0.25) is 4.68 Å². The zero-order valence-corrected chi connectivity index (χ0v) is 7.28. The molecule has 0 aliphatic carbocycles. The second-order valence-corrected chi connectivity index (χ2v) is 3.08. The van der Waals surface area contributed by atoms with Crippen molar-refractivity contribution in [3.8, 4) is 0 Å². The van der Waals surface area contributed by atoms with Gasteiger partial charge in [0.15, 0.2) is 0 Å². The molecule has 1 aromatic heterocycles. The molecule has 0 aliphatic rings. The summed E-state index contributed by atoms with van der Waals surface area (Å²) < 4.78 is 1.95. The third-order valence-corrected chi connectivity index (χ3v) is 1.66. The molecule has 11 heavy (non-hydrogen) atoms. The summed E-state index contributed by atoms with van der Waals surface area (Å²) in [7, 11) is 0. The van der Waals surface area contributed by atoms with Crippen molar-refractivity contribution in [3.05, 3.63) is 18.0 Å². The summed E-state index contributed by atoms with van der Waals surface area (Å²) in [6.45, 7) is 6.16. The van der Waals surface area contributed by atoms with Gasteiger partial charge in [-0.1, -0.05) is 0 Å². The highest BCUT2D eigenvalue weighted by Gasteiger charge is 2.08. The molecule has 0 aliphatic heterocycles. The van der Waals surface area contributed by atoms with E-state index < -0.39 is 0 Å². The van der Waals surface area contributed by atoms with Crippen LogP contribution in [-0.4, -0.2) is 9.78 Å². The number of hydrogen-bond donors (Lipinski definition) is 1. The van der Waals surface area contributed by atoms with Crippen molar-refractivity contribution >= 4 is 0 Å². The molecule has 3 nitrogen and oxygen atoms in total. The van der Waals surface area contributed by atoms with Crippen LogP contribution in [0, 0.1) is 0 Å². The van der Waals surface area contributed by atoms with Crippen molar-refractivity contribution in [1.29, 1.82) is 0 Å². The molecule has 0 fully saturated rings. The van der Waals surface area contributed by atoms with Crippen LogP contribution >= 0.6 is 0 Å². The van der Waals surface area contributed by atoms with E-state index in [1.54, 1.807) is 6.20 Å². The molecule has 0 amide bonds. The molecule has 1 heterocycles. The lowest BCUT2D eigenvalue weighted by Crippen LogP contribution is -2.14. The molecule has 0 radical (unpaired) electrons. The lowest BCUT2D eigenvalue weighted by molar-refractivity contribution is 0.494. The summed E-state index contributed by atoms with van der Waals surface area (Å²) in [6.07, 6.45) is 1.79. The Morgan fingerprint density at radius 1 is 1.45 bits per heavy atom. The molecular formula is C8H15N3. The van der Waals surface area contributed by atoms with E-state index in [4.69, 9.17) is 5.73 Å². The predicted molar refractivity (Wildman–Crippen MR) is 45.2 cm³/mol. The number of nitrogens with zero attached hydrogens (tertiary/aromatic N) is 2. The van der Waals surface area contributed by atoms with Crippen LogP contribution in [0.25, 0.3) is 0 Å². The van der Waals surface area contributed by atoms with Crippen LogP contribution in [0.1, 0.15) is 38.5 Å². The van der Waals surface area contributed by atoms with Gasteiger partial charge in [-0.25, -0.2) is 0 Å². The first-order valence-electron chi connectivity index (χ1n) is 3.92. The van der Waals surface area contributed by atoms with Gasteiger partial charge < -0.3 is 5.73 Å². The summed E-state index contributed by atoms with van der Waals surface area (Å²) in [5.74, 6) is 0. The highest BCUT2D eigenvalue weighted by atomic mass is 15.3. The minimum absolute atomic E-state index is 0.0694. The molecule has 0 bridgehead atoms. The van der Waals surface area contributed by atoms with Crippen molar-refractivity contribution in [2.45, 2.75) is 32.9 Å². The largest absolute Gasteiger partial charge is 0.323 e. The maximum atomic E-state index is 5.74. The van der Waals surface area contributed by atoms with E-state index in [0.29, 0.717) is 6.04 Å². The van der Waals surface area contributed by atoms with Crippen LogP contribution in [0.15, 0.2) is 12.3 Å². The lowest BCUT2D eigenvalue weighted by atomic mass is 10.2. The Kier molecular flexibility index (Phi) is 2.29. The van der Waals surface area contributed by atoms with Crippen molar-refractivity contribution in [3.63, 3.8) is 0 Å². The second-order valence-electron chi connectivity index (χ2n) is 3.08. The van der Waals surface area contributed by atoms with Gasteiger partial charge in [0.25, 0.3) is 0 Å². The maximum Gasteiger partial charge on any atom is 0.0551 e. The first-order valence-corrected chi connectivity index (χ1v) is 3.92. The van der Waals surface area contributed by atoms with Crippen LogP contribution in [0.5, 0.6) is 0 Å². The summed E-state index contributed by atoms with van der Waals surface area (Å²) in [6, 6.07) is 2.43. The van der Waals surface area contributed by atoms with Gasteiger partial charge in [-0.15, -0.1) is 0 Å². The standard InChI is InChI=1S/C8H15N3/c1-6(2)11-8(7(3)9)4-5-10-11/h4-7H,9H2,1-3H3/t7-/m0/s1. The van der Waals surface area contributed by atoms with Crippen LogP contribution in [0.4, 0.5) is 0 Å². The molecule has 0 unspecified atom stereocenters. The highest BCUT2D eigenvalue weighted by molar-refractivity contribution is 5.05. The van der Waals surface area contributed by atoms with E-state index >= 15 is 0 Å². The first-order chi connectivity index (χ1) is 5.13. The second kappa shape index (κ2) is 3.05. The predicted octanol–water partition coefficient (Wildman–Crippen LogP) is 1.48. The zero-order chi connectivity index (χ0) is 8.43. The molecular weight excluding hydrogens is 138 g/mol. The molecule has 1 atom stereocenters. The normalized spacial score (nSPS) is 13.9. The fourth-order valence-electron chi connectivity index (χ4n) is 1.12. The number of aromatic nitrogens is 2. The Labute approximate surface area is 67.2 Å². The van der Waals surface area contributed by atoms with Crippen LogP contribution in [-0.2, 0) is 0 Å². The Morgan fingerprint density at radius 2 is 2.09 bits per heavy atom. The van der Waals surface area contributed by atoms with E-state index in [0.717, 1.165) is 5.69 Å². The average molecular weight is 153 g/mol. The smallest absolute Gasteiger partial charge is 0.0551 e. The summed E-state index contributed by atoms with van der Waals surface area (Å²) in [5, 5.41) is 4.17. The number of rotatable bonds is 2. The molecule has 2 N–H and O–H groups in total. The van der Waals surface area contributed by atoms with Crippen LogP contribution < -0.4 is 5.73 Å². The zero-order valence-electron chi connectivity index (χ0n) is 7.28. The molecule has 0 aromatic carbocycles. The van der Waals surface area contributed by atoms with E-state index in [1.165, 1.54) is 0 Å². The van der Waals surface area contributed by atoms with Gasteiger partial charge in [-0.2, -0.15) is 5.10 Å². The molecule has 1 aromatic rings. The molecule has 62 valence electrons. The first kappa shape index (κ1) is 8.27. The number of nitrogens with two attached hydrogens (primary N) is 1. The van der Waals surface area contributed by atoms with Gasteiger partial charge in [-0.05, 0) is 26.8 Å². The highest BCUT2D eigenvalue weighted by Crippen LogP contribution is 2.13. The average Bonchev–Trinajstić information content (AvgIpc) is 2.32. The SMILES string of the molecule is CC(C)n1nccc1[C@H](C)N. The minimum Gasteiger partial charge on any atom is -0.323 e.